The zero-order valence-corrected chi connectivity index (χ0v) is 25.3. The molecule has 1 amide bonds. The molecular formula is C35H40N4O4. The summed E-state index contributed by atoms with van der Waals surface area (Å²) in [5.41, 5.74) is 5.32. The van der Waals surface area contributed by atoms with E-state index in [0.29, 0.717) is 18.0 Å². The maximum atomic E-state index is 13.7. The quantitative estimate of drug-likeness (QED) is 0.262. The van der Waals surface area contributed by atoms with Gasteiger partial charge in [-0.2, -0.15) is 0 Å². The van der Waals surface area contributed by atoms with Crippen molar-refractivity contribution in [3.63, 3.8) is 0 Å². The Balaban J connectivity index is 1.25. The number of ether oxygens (including phenoxy) is 1. The molecule has 4 aromatic rings. The fourth-order valence-electron chi connectivity index (χ4n) is 6.00. The van der Waals surface area contributed by atoms with Gasteiger partial charge in [0.05, 0.1) is 18.4 Å². The molecule has 5 rings (SSSR count). The van der Waals surface area contributed by atoms with Crippen LogP contribution < -0.4 is 11.0 Å². The number of methoxy groups -OCH3 is 1. The van der Waals surface area contributed by atoms with E-state index >= 15 is 0 Å². The van der Waals surface area contributed by atoms with Crippen LogP contribution in [0, 0.1) is 6.92 Å². The number of esters is 1. The van der Waals surface area contributed by atoms with Gasteiger partial charge < -0.3 is 10.1 Å². The second kappa shape index (κ2) is 13.3. The smallest absolute Gasteiger partial charge is 0.338 e. The third-order valence-electron chi connectivity index (χ3n) is 8.42. The zero-order chi connectivity index (χ0) is 30.5. The maximum Gasteiger partial charge on any atom is 0.338 e. The third kappa shape index (κ3) is 6.65. The number of hydrogen-bond acceptors (Lipinski definition) is 5. The van der Waals surface area contributed by atoms with Gasteiger partial charge in [-0.3, -0.25) is 18.8 Å². The third-order valence-corrected chi connectivity index (χ3v) is 8.42. The molecule has 0 saturated carbocycles. The number of amides is 1. The SMILES string of the molecule is COC(=O)c1ccc(CNC(=O)C(c2ccccc2)N2CCC(c3ccc(-n4ccn(C(C)C)c4=O)cc3)CC2)cc1C. The van der Waals surface area contributed by atoms with E-state index < -0.39 is 6.04 Å². The van der Waals surface area contributed by atoms with Gasteiger partial charge in [0.15, 0.2) is 0 Å². The van der Waals surface area contributed by atoms with Gasteiger partial charge in [-0.1, -0.05) is 54.6 Å². The summed E-state index contributed by atoms with van der Waals surface area (Å²) in [5.74, 6) is -0.0195. The summed E-state index contributed by atoms with van der Waals surface area (Å²) in [6.07, 6.45) is 5.53. The lowest BCUT2D eigenvalue weighted by Gasteiger charge is -2.37. The van der Waals surface area contributed by atoms with E-state index in [9.17, 15) is 14.4 Å². The Morgan fingerprint density at radius 2 is 1.65 bits per heavy atom. The first kappa shape index (κ1) is 30.0. The molecule has 0 spiro atoms. The summed E-state index contributed by atoms with van der Waals surface area (Å²) in [6, 6.07) is 23.5. The van der Waals surface area contributed by atoms with Crippen LogP contribution >= 0.6 is 0 Å². The van der Waals surface area contributed by atoms with Crippen molar-refractivity contribution < 1.29 is 14.3 Å². The van der Waals surface area contributed by atoms with Gasteiger partial charge in [0.2, 0.25) is 5.91 Å². The Hall–Kier alpha value is -4.43. The monoisotopic (exact) mass is 580 g/mol. The van der Waals surface area contributed by atoms with Gasteiger partial charge in [-0.25, -0.2) is 9.59 Å². The average molecular weight is 581 g/mol. The topological polar surface area (TPSA) is 85.6 Å². The Bertz CT molecular complexity index is 1610. The normalized spacial score (nSPS) is 14.9. The van der Waals surface area contributed by atoms with Crippen LogP contribution in [0.25, 0.3) is 5.69 Å². The maximum absolute atomic E-state index is 13.7. The van der Waals surface area contributed by atoms with Crippen LogP contribution in [-0.2, 0) is 16.1 Å². The highest BCUT2D eigenvalue weighted by molar-refractivity contribution is 5.91. The molecule has 1 N–H and O–H groups in total. The summed E-state index contributed by atoms with van der Waals surface area (Å²) < 4.78 is 8.26. The van der Waals surface area contributed by atoms with Crippen LogP contribution in [0.3, 0.4) is 0 Å². The van der Waals surface area contributed by atoms with Crippen LogP contribution in [0.4, 0.5) is 0 Å². The summed E-state index contributed by atoms with van der Waals surface area (Å²) in [6.45, 7) is 7.83. The van der Waals surface area contributed by atoms with E-state index in [0.717, 1.165) is 48.3 Å². The molecule has 43 heavy (non-hydrogen) atoms. The van der Waals surface area contributed by atoms with Crippen molar-refractivity contribution >= 4 is 11.9 Å². The average Bonchev–Trinajstić information content (AvgIpc) is 3.42. The van der Waals surface area contributed by atoms with Crippen molar-refractivity contribution in [2.45, 2.75) is 58.2 Å². The van der Waals surface area contributed by atoms with Crippen LogP contribution in [0.5, 0.6) is 0 Å². The van der Waals surface area contributed by atoms with Crippen molar-refractivity contribution in [2.24, 2.45) is 0 Å². The molecular weight excluding hydrogens is 540 g/mol. The molecule has 8 nitrogen and oxygen atoms in total. The molecule has 1 saturated heterocycles. The number of carbonyl (C=O) groups excluding carboxylic acids is 2. The van der Waals surface area contributed by atoms with E-state index in [1.807, 2.05) is 87.8 Å². The Labute approximate surface area is 252 Å². The minimum atomic E-state index is -0.392. The Morgan fingerprint density at radius 1 is 0.953 bits per heavy atom. The number of likely N-dealkylation sites (tertiary alicyclic amines) is 1. The molecule has 1 atom stereocenters. The minimum Gasteiger partial charge on any atom is -0.465 e. The van der Waals surface area contributed by atoms with Crippen molar-refractivity contribution in [3.8, 4) is 5.69 Å². The van der Waals surface area contributed by atoms with E-state index in [1.165, 1.54) is 12.7 Å². The fraction of sp³-hybridized carbons (Fsp3) is 0.343. The lowest BCUT2D eigenvalue weighted by atomic mass is 9.88. The number of carbonyl (C=O) groups is 2. The molecule has 1 unspecified atom stereocenters. The van der Waals surface area contributed by atoms with E-state index in [2.05, 4.69) is 22.3 Å². The molecule has 3 aromatic carbocycles. The van der Waals surface area contributed by atoms with Crippen LogP contribution in [0.1, 0.15) is 77.3 Å². The van der Waals surface area contributed by atoms with E-state index in [1.54, 1.807) is 15.2 Å². The predicted octanol–water partition coefficient (Wildman–Crippen LogP) is 5.55. The summed E-state index contributed by atoms with van der Waals surface area (Å²) >= 11 is 0. The van der Waals surface area contributed by atoms with E-state index in [-0.39, 0.29) is 23.6 Å². The molecule has 0 aliphatic carbocycles. The van der Waals surface area contributed by atoms with Crippen molar-refractivity contribution in [1.29, 1.82) is 0 Å². The first-order chi connectivity index (χ1) is 20.8. The number of hydrogen-bond donors (Lipinski definition) is 1. The number of piperidine rings is 1. The highest BCUT2D eigenvalue weighted by Crippen LogP contribution is 2.33. The van der Waals surface area contributed by atoms with Crippen molar-refractivity contribution in [1.82, 2.24) is 19.4 Å². The summed E-state index contributed by atoms with van der Waals surface area (Å²) in [4.78, 5) is 40.6. The predicted molar refractivity (Wildman–Crippen MR) is 168 cm³/mol. The minimum absolute atomic E-state index is 0.0327. The number of aryl methyl sites for hydroxylation is 1. The van der Waals surface area contributed by atoms with Crippen LogP contribution in [0.2, 0.25) is 0 Å². The summed E-state index contributed by atoms with van der Waals surface area (Å²) in [5, 5.41) is 3.14. The second-order valence-corrected chi connectivity index (χ2v) is 11.5. The second-order valence-electron chi connectivity index (χ2n) is 11.5. The molecule has 8 heteroatoms. The Kier molecular flexibility index (Phi) is 9.26. The number of imidazole rings is 1. The molecule has 0 bridgehead atoms. The standard InChI is InChI=1S/C35H40N4O4/c1-24(2)38-20-21-39(35(38)42)30-13-11-27(12-14-30)28-16-18-37(19-17-28)32(29-8-6-5-7-9-29)33(40)36-23-26-10-15-31(25(3)22-26)34(41)43-4/h5-15,20-22,24,28,32H,16-19,23H2,1-4H3,(H,36,40). The van der Waals surface area contributed by atoms with Crippen molar-refractivity contribution in [3.05, 3.63) is 123 Å². The lowest BCUT2D eigenvalue weighted by Crippen LogP contribution is -2.43. The number of rotatable bonds is 9. The van der Waals surface area contributed by atoms with Crippen LogP contribution in [0.15, 0.2) is 90.0 Å². The number of aromatic nitrogens is 2. The fourth-order valence-corrected chi connectivity index (χ4v) is 6.00. The zero-order valence-electron chi connectivity index (χ0n) is 25.3. The largest absolute Gasteiger partial charge is 0.465 e. The first-order valence-electron chi connectivity index (χ1n) is 14.9. The van der Waals surface area contributed by atoms with Crippen molar-refractivity contribution in [2.75, 3.05) is 20.2 Å². The molecule has 1 fully saturated rings. The van der Waals surface area contributed by atoms with Gasteiger partial charge in [0.1, 0.15) is 6.04 Å². The summed E-state index contributed by atoms with van der Waals surface area (Å²) in [7, 11) is 1.37. The van der Waals surface area contributed by atoms with Gasteiger partial charge >= 0.3 is 11.7 Å². The highest BCUT2D eigenvalue weighted by atomic mass is 16.5. The van der Waals surface area contributed by atoms with Gasteiger partial charge in [0, 0.05) is 25.0 Å². The molecule has 0 radical (unpaired) electrons. The van der Waals surface area contributed by atoms with Gasteiger partial charge in [0.25, 0.3) is 0 Å². The molecule has 1 aliphatic rings. The highest BCUT2D eigenvalue weighted by Gasteiger charge is 2.31. The molecule has 1 aromatic heterocycles. The van der Waals surface area contributed by atoms with E-state index in [4.69, 9.17) is 4.74 Å². The van der Waals surface area contributed by atoms with Gasteiger partial charge in [-0.05, 0) is 93.1 Å². The Morgan fingerprint density at radius 3 is 2.26 bits per heavy atom. The van der Waals surface area contributed by atoms with Crippen LogP contribution in [-0.4, -0.2) is 46.1 Å². The molecule has 2 heterocycles. The molecule has 224 valence electrons. The number of nitrogens with one attached hydrogen (secondary N) is 1. The number of benzene rings is 3. The number of nitrogens with zero attached hydrogens (tertiary/aromatic N) is 3. The molecule has 1 aliphatic heterocycles. The van der Waals surface area contributed by atoms with Gasteiger partial charge in [-0.15, -0.1) is 0 Å². The first-order valence-corrected chi connectivity index (χ1v) is 14.9. The lowest BCUT2D eigenvalue weighted by molar-refractivity contribution is -0.127.